The molecule has 0 spiro atoms. The summed E-state index contributed by atoms with van der Waals surface area (Å²) >= 11 is 0. The summed E-state index contributed by atoms with van der Waals surface area (Å²) in [6, 6.07) is 8.56. The van der Waals surface area contributed by atoms with Crippen molar-refractivity contribution in [3.63, 3.8) is 0 Å². The molecule has 1 aromatic carbocycles. The molecule has 1 saturated carbocycles. The second-order valence-electron chi connectivity index (χ2n) is 7.54. The van der Waals surface area contributed by atoms with Gasteiger partial charge in [0.15, 0.2) is 0 Å². The molecule has 1 aliphatic carbocycles. The number of benzene rings is 1. The van der Waals surface area contributed by atoms with Crippen LogP contribution in [0.1, 0.15) is 57.8 Å². The number of carbonyl (C=O) groups excluding carboxylic acids is 1. The van der Waals surface area contributed by atoms with E-state index in [4.69, 9.17) is 4.98 Å². The van der Waals surface area contributed by atoms with Gasteiger partial charge in [-0.25, -0.2) is 4.98 Å². The average Bonchev–Trinajstić information content (AvgIpc) is 3.22. The van der Waals surface area contributed by atoms with Crippen molar-refractivity contribution < 1.29 is 4.79 Å². The number of para-hydroxylation sites is 2. The Balaban J connectivity index is 0.00000131. The van der Waals surface area contributed by atoms with Gasteiger partial charge in [0, 0.05) is 12.6 Å². The van der Waals surface area contributed by atoms with Crippen molar-refractivity contribution >= 4 is 41.8 Å². The lowest BCUT2D eigenvalue weighted by Gasteiger charge is -2.24. The van der Waals surface area contributed by atoms with Gasteiger partial charge in [-0.05, 0) is 51.2 Å². The van der Waals surface area contributed by atoms with E-state index in [1.165, 1.54) is 25.7 Å². The van der Waals surface area contributed by atoms with Gasteiger partial charge in [-0.1, -0.05) is 25.0 Å². The molecule has 0 bridgehead atoms. The molecule has 150 valence electrons. The van der Waals surface area contributed by atoms with Crippen molar-refractivity contribution in [1.82, 2.24) is 20.2 Å². The number of rotatable bonds is 4. The van der Waals surface area contributed by atoms with Crippen LogP contribution in [0.3, 0.4) is 0 Å². The molecular formula is C20H30Cl2N4O. The normalized spacial score (nSPS) is 25.2. The Kier molecular flexibility index (Phi) is 7.55. The zero-order chi connectivity index (χ0) is 17.4. The standard InChI is InChI=1S/C20H28N4O.2ClH/c1-3-24-18-11-7-6-10-16(18)23-19(24)13(2)21-20(25)17-12-14-8-4-5-9-15(14)22-17;;/h6-7,10-11,13-15,17,22H,3-5,8-9,12H2,1-2H3,(H,21,25);2*1H. The van der Waals surface area contributed by atoms with Gasteiger partial charge in [0.2, 0.25) is 5.91 Å². The molecule has 4 rings (SSSR count). The smallest absolute Gasteiger partial charge is 0.237 e. The van der Waals surface area contributed by atoms with Crippen LogP contribution in [-0.2, 0) is 11.3 Å². The van der Waals surface area contributed by atoms with E-state index in [9.17, 15) is 4.79 Å². The number of aromatic nitrogens is 2. The Morgan fingerprint density at radius 3 is 2.78 bits per heavy atom. The lowest BCUT2D eigenvalue weighted by molar-refractivity contribution is -0.123. The molecule has 7 heteroatoms. The number of amides is 1. The first-order valence-electron chi connectivity index (χ1n) is 9.69. The molecule has 4 unspecified atom stereocenters. The number of hydrogen-bond acceptors (Lipinski definition) is 3. The molecule has 1 aliphatic heterocycles. The van der Waals surface area contributed by atoms with Crippen molar-refractivity contribution in [2.45, 2.75) is 70.6 Å². The summed E-state index contributed by atoms with van der Waals surface area (Å²) in [5, 5.41) is 6.76. The molecule has 2 aromatic rings. The third-order valence-corrected chi connectivity index (χ3v) is 5.93. The molecule has 5 nitrogen and oxygen atoms in total. The quantitative estimate of drug-likeness (QED) is 0.797. The molecule has 1 amide bonds. The van der Waals surface area contributed by atoms with Crippen LogP contribution in [0.4, 0.5) is 0 Å². The van der Waals surface area contributed by atoms with Gasteiger partial charge in [0.05, 0.1) is 23.1 Å². The summed E-state index contributed by atoms with van der Waals surface area (Å²) in [5.74, 6) is 1.74. The first kappa shape index (κ1) is 22.0. The lowest BCUT2D eigenvalue weighted by Crippen LogP contribution is -2.44. The van der Waals surface area contributed by atoms with Crippen LogP contribution < -0.4 is 10.6 Å². The fraction of sp³-hybridized carbons (Fsp3) is 0.600. The summed E-state index contributed by atoms with van der Waals surface area (Å²) < 4.78 is 2.20. The topological polar surface area (TPSA) is 59.0 Å². The number of halogens is 2. The minimum absolute atomic E-state index is 0. The van der Waals surface area contributed by atoms with Crippen LogP contribution in [0.15, 0.2) is 24.3 Å². The van der Waals surface area contributed by atoms with E-state index in [1.54, 1.807) is 0 Å². The Hall–Kier alpha value is -1.30. The molecule has 2 aliphatic rings. The minimum atomic E-state index is -0.0933. The van der Waals surface area contributed by atoms with E-state index in [2.05, 4.69) is 28.2 Å². The molecule has 1 aromatic heterocycles. The molecule has 0 radical (unpaired) electrons. The maximum Gasteiger partial charge on any atom is 0.237 e. The van der Waals surface area contributed by atoms with Crippen LogP contribution in [-0.4, -0.2) is 27.5 Å². The van der Waals surface area contributed by atoms with E-state index in [-0.39, 0.29) is 42.8 Å². The molecule has 2 N–H and O–H groups in total. The van der Waals surface area contributed by atoms with Crippen molar-refractivity contribution in [1.29, 1.82) is 0 Å². The van der Waals surface area contributed by atoms with Gasteiger partial charge in [0.25, 0.3) is 0 Å². The summed E-state index contributed by atoms with van der Waals surface area (Å²) in [4.78, 5) is 17.5. The zero-order valence-corrected chi connectivity index (χ0v) is 17.6. The van der Waals surface area contributed by atoms with Crippen LogP contribution in [0, 0.1) is 5.92 Å². The molecule has 1 saturated heterocycles. The van der Waals surface area contributed by atoms with Crippen LogP contribution in [0.25, 0.3) is 11.0 Å². The summed E-state index contributed by atoms with van der Waals surface area (Å²) in [7, 11) is 0. The zero-order valence-electron chi connectivity index (χ0n) is 16.0. The van der Waals surface area contributed by atoms with E-state index in [0.717, 1.165) is 29.8 Å². The number of fused-ring (bicyclic) bond motifs is 2. The Labute approximate surface area is 173 Å². The maximum atomic E-state index is 12.8. The van der Waals surface area contributed by atoms with Gasteiger partial charge in [-0.2, -0.15) is 0 Å². The largest absolute Gasteiger partial charge is 0.345 e. The molecular weight excluding hydrogens is 383 g/mol. The second kappa shape index (κ2) is 9.26. The first-order valence-corrected chi connectivity index (χ1v) is 9.69. The van der Waals surface area contributed by atoms with Gasteiger partial charge in [-0.3, -0.25) is 4.79 Å². The van der Waals surface area contributed by atoms with E-state index >= 15 is 0 Å². The minimum Gasteiger partial charge on any atom is -0.345 e. The summed E-state index contributed by atoms with van der Waals surface area (Å²) in [6.45, 7) is 5.00. The van der Waals surface area contributed by atoms with Gasteiger partial charge in [-0.15, -0.1) is 24.8 Å². The molecule has 2 fully saturated rings. The van der Waals surface area contributed by atoms with Gasteiger partial charge >= 0.3 is 0 Å². The Morgan fingerprint density at radius 1 is 1.30 bits per heavy atom. The van der Waals surface area contributed by atoms with Crippen LogP contribution in [0.5, 0.6) is 0 Å². The Morgan fingerprint density at radius 2 is 2.04 bits per heavy atom. The Bertz CT molecular complexity index is 764. The van der Waals surface area contributed by atoms with Crippen molar-refractivity contribution in [3.8, 4) is 0 Å². The van der Waals surface area contributed by atoms with Crippen molar-refractivity contribution in [2.75, 3.05) is 0 Å². The third-order valence-electron chi connectivity index (χ3n) is 5.93. The average molecular weight is 413 g/mol. The number of nitrogens with zero attached hydrogens (tertiary/aromatic N) is 2. The first-order chi connectivity index (χ1) is 12.2. The molecule has 27 heavy (non-hydrogen) atoms. The third kappa shape index (κ3) is 4.25. The predicted octanol–water partition coefficient (Wildman–Crippen LogP) is 4.00. The van der Waals surface area contributed by atoms with Crippen LogP contribution >= 0.6 is 24.8 Å². The van der Waals surface area contributed by atoms with E-state index < -0.39 is 0 Å². The highest BCUT2D eigenvalue weighted by Crippen LogP contribution is 2.33. The highest BCUT2D eigenvalue weighted by atomic mass is 35.5. The van der Waals surface area contributed by atoms with Crippen molar-refractivity contribution in [2.24, 2.45) is 5.92 Å². The monoisotopic (exact) mass is 412 g/mol. The highest BCUT2D eigenvalue weighted by molar-refractivity contribution is 5.85. The van der Waals surface area contributed by atoms with Gasteiger partial charge in [0.1, 0.15) is 5.82 Å². The SMILES string of the molecule is CCn1c(C(C)NC(=O)C2CC3CCCCC3N2)nc2ccccc21.Cl.Cl. The van der Waals surface area contributed by atoms with Crippen molar-refractivity contribution in [3.05, 3.63) is 30.1 Å². The molecule has 2 heterocycles. The fourth-order valence-corrected chi connectivity index (χ4v) is 4.66. The number of nitrogens with one attached hydrogen (secondary N) is 2. The fourth-order valence-electron chi connectivity index (χ4n) is 4.66. The maximum absolute atomic E-state index is 12.8. The van der Waals surface area contributed by atoms with Gasteiger partial charge < -0.3 is 15.2 Å². The second-order valence-corrected chi connectivity index (χ2v) is 7.54. The lowest BCUT2D eigenvalue weighted by atomic mass is 9.85. The number of imidazole rings is 1. The number of aryl methyl sites for hydroxylation is 1. The molecule has 4 atom stereocenters. The number of hydrogen-bond donors (Lipinski definition) is 2. The van der Waals surface area contributed by atoms with E-state index in [1.807, 2.05) is 25.1 Å². The van der Waals surface area contributed by atoms with E-state index in [0.29, 0.717) is 12.0 Å². The number of carbonyl (C=O) groups is 1. The predicted molar refractivity (Wildman–Crippen MR) is 114 cm³/mol. The van der Waals surface area contributed by atoms with Crippen LogP contribution in [0.2, 0.25) is 0 Å². The summed E-state index contributed by atoms with van der Waals surface area (Å²) in [6.07, 6.45) is 6.07. The highest BCUT2D eigenvalue weighted by Gasteiger charge is 2.38. The summed E-state index contributed by atoms with van der Waals surface area (Å²) in [5.41, 5.74) is 2.12.